The molecule has 1 aromatic heterocycles. The summed E-state index contributed by atoms with van der Waals surface area (Å²) in [6, 6.07) is 12.0. The number of hydrogen-bond acceptors (Lipinski definition) is 4. The number of nitrogens with one attached hydrogen (secondary N) is 1. The SMILES string of the molecule is C[C@H]1[C@H](NC(=O)c2ccc(Sc3ncccc3Cl)cc2)C2CCN1CC2. The van der Waals surface area contributed by atoms with Crippen molar-refractivity contribution in [1.82, 2.24) is 15.2 Å². The van der Waals surface area contributed by atoms with Gasteiger partial charge in [0.2, 0.25) is 0 Å². The minimum absolute atomic E-state index is 0.0167. The van der Waals surface area contributed by atoms with Crippen LogP contribution in [0.1, 0.15) is 30.1 Å². The van der Waals surface area contributed by atoms with Gasteiger partial charge in [-0.05, 0) is 75.2 Å². The second-order valence-corrected chi connectivity index (χ2v) is 8.50. The molecule has 3 saturated heterocycles. The lowest BCUT2D eigenvalue weighted by atomic mass is 9.79. The topological polar surface area (TPSA) is 45.2 Å². The van der Waals surface area contributed by atoms with E-state index in [-0.39, 0.29) is 11.9 Å². The van der Waals surface area contributed by atoms with Gasteiger partial charge in [-0.3, -0.25) is 9.69 Å². The van der Waals surface area contributed by atoms with Crippen molar-refractivity contribution < 1.29 is 4.79 Å². The molecule has 3 fully saturated rings. The van der Waals surface area contributed by atoms with E-state index < -0.39 is 0 Å². The molecule has 2 atom stereocenters. The maximum Gasteiger partial charge on any atom is 0.251 e. The second kappa shape index (κ2) is 7.59. The zero-order chi connectivity index (χ0) is 18.1. The molecule has 1 aromatic carbocycles. The van der Waals surface area contributed by atoms with Crippen LogP contribution in [0.5, 0.6) is 0 Å². The van der Waals surface area contributed by atoms with Crippen LogP contribution in [-0.4, -0.2) is 41.0 Å². The summed E-state index contributed by atoms with van der Waals surface area (Å²) < 4.78 is 0. The fourth-order valence-electron chi connectivity index (χ4n) is 4.01. The number of nitrogens with zero attached hydrogens (tertiary/aromatic N) is 2. The summed E-state index contributed by atoms with van der Waals surface area (Å²) in [5.74, 6) is 0.628. The Morgan fingerprint density at radius 1 is 1.23 bits per heavy atom. The smallest absolute Gasteiger partial charge is 0.251 e. The monoisotopic (exact) mass is 387 g/mol. The third-order valence-corrected chi connectivity index (χ3v) is 6.97. The third-order valence-electron chi connectivity index (χ3n) is 5.53. The normalized spacial score (nSPS) is 27.3. The van der Waals surface area contributed by atoms with Crippen molar-refractivity contribution in [2.24, 2.45) is 5.92 Å². The van der Waals surface area contributed by atoms with Crippen molar-refractivity contribution >= 4 is 29.3 Å². The van der Waals surface area contributed by atoms with Gasteiger partial charge in [-0.2, -0.15) is 0 Å². The predicted octanol–water partition coefficient (Wildman–Crippen LogP) is 4.10. The van der Waals surface area contributed by atoms with Gasteiger partial charge in [0.1, 0.15) is 5.03 Å². The molecule has 136 valence electrons. The minimum atomic E-state index is 0.0167. The molecule has 5 rings (SSSR count). The number of fused-ring (bicyclic) bond motifs is 3. The van der Waals surface area contributed by atoms with Gasteiger partial charge in [0.05, 0.1) is 5.02 Å². The van der Waals surface area contributed by atoms with Crippen LogP contribution >= 0.6 is 23.4 Å². The molecular weight excluding hydrogens is 366 g/mol. The molecule has 0 unspecified atom stereocenters. The first-order valence-electron chi connectivity index (χ1n) is 9.05. The number of rotatable bonds is 4. The van der Waals surface area contributed by atoms with E-state index in [0.29, 0.717) is 22.5 Å². The summed E-state index contributed by atoms with van der Waals surface area (Å²) in [5.41, 5.74) is 0.699. The molecule has 3 aliphatic rings. The van der Waals surface area contributed by atoms with Crippen LogP contribution < -0.4 is 5.32 Å². The van der Waals surface area contributed by atoms with Crippen LogP contribution in [0.25, 0.3) is 0 Å². The standard InChI is InChI=1S/C20H22ClN3OS/c1-13-18(14-8-11-24(13)12-9-14)23-19(25)15-4-6-16(7-5-15)26-20-17(21)3-2-10-22-20/h2-7,10,13-14,18H,8-9,11-12H2,1H3,(H,23,25)/t13-,18-/m0/s1. The predicted molar refractivity (Wildman–Crippen MR) is 105 cm³/mol. The van der Waals surface area contributed by atoms with E-state index in [1.54, 1.807) is 6.20 Å². The molecule has 26 heavy (non-hydrogen) atoms. The van der Waals surface area contributed by atoms with Crippen LogP contribution in [0.4, 0.5) is 0 Å². The number of amides is 1. The van der Waals surface area contributed by atoms with Gasteiger partial charge >= 0.3 is 0 Å². The molecular formula is C20H22ClN3OS. The summed E-state index contributed by atoms with van der Waals surface area (Å²) in [4.78, 5) is 20.5. The summed E-state index contributed by atoms with van der Waals surface area (Å²) in [6.07, 6.45) is 4.11. The lowest BCUT2D eigenvalue weighted by Gasteiger charge is -2.49. The number of carbonyl (C=O) groups is 1. The van der Waals surface area contributed by atoms with Gasteiger partial charge in [0.15, 0.2) is 0 Å². The lowest BCUT2D eigenvalue weighted by Crippen LogP contribution is -2.62. The fourth-order valence-corrected chi connectivity index (χ4v) is 5.02. The maximum atomic E-state index is 12.7. The van der Waals surface area contributed by atoms with E-state index in [1.807, 2.05) is 36.4 Å². The molecule has 0 radical (unpaired) electrons. The van der Waals surface area contributed by atoms with Gasteiger partial charge in [-0.25, -0.2) is 4.98 Å². The second-order valence-electron chi connectivity index (χ2n) is 7.03. The van der Waals surface area contributed by atoms with E-state index in [2.05, 4.69) is 22.1 Å². The van der Waals surface area contributed by atoms with Crippen LogP contribution in [0.2, 0.25) is 5.02 Å². The van der Waals surface area contributed by atoms with Gasteiger partial charge in [0.25, 0.3) is 5.91 Å². The average molecular weight is 388 g/mol. The zero-order valence-corrected chi connectivity index (χ0v) is 16.3. The van der Waals surface area contributed by atoms with Gasteiger partial charge < -0.3 is 5.32 Å². The molecule has 1 N–H and O–H groups in total. The highest BCUT2D eigenvalue weighted by molar-refractivity contribution is 7.99. The number of pyridine rings is 1. The van der Waals surface area contributed by atoms with Gasteiger partial charge in [-0.15, -0.1) is 0 Å². The van der Waals surface area contributed by atoms with Gasteiger partial charge in [-0.1, -0.05) is 23.4 Å². The number of halogens is 1. The van der Waals surface area contributed by atoms with Crippen molar-refractivity contribution in [2.45, 2.75) is 41.8 Å². The van der Waals surface area contributed by atoms with Crippen molar-refractivity contribution in [3.8, 4) is 0 Å². The first-order valence-corrected chi connectivity index (χ1v) is 10.2. The van der Waals surface area contributed by atoms with E-state index >= 15 is 0 Å². The molecule has 0 spiro atoms. The van der Waals surface area contributed by atoms with Crippen LogP contribution in [-0.2, 0) is 0 Å². The zero-order valence-electron chi connectivity index (χ0n) is 14.7. The van der Waals surface area contributed by atoms with Crippen LogP contribution in [0, 0.1) is 5.92 Å². The summed E-state index contributed by atoms with van der Waals surface area (Å²) in [7, 11) is 0. The summed E-state index contributed by atoms with van der Waals surface area (Å²) in [6.45, 7) is 4.56. The highest BCUT2D eigenvalue weighted by Gasteiger charge is 2.40. The summed E-state index contributed by atoms with van der Waals surface area (Å²) >= 11 is 7.66. The van der Waals surface area contributed by atoms with Crippen LogP contribution in [0.3, 0.4) is 0 Å². The molecule has 0 saturated carbocycles. The van der Waals surface area contributed by atoms with E-state index in [1.165, 1.54) is 37.7 Å². The average Bonchev–Trinajstić information content (AvgIpc) is 2.67. The highest BCUT2D eigenvalue weighted by atomic mass is 35.5. The van der Waals surface area contributed by atoms with E-state index in [4.69, 9.17) is 11.6 Å². The Hall–Kier alpha value is -1.56. The first kappa shape index (κ1) is 17.8. The van der Waals surface area contributed by atoms with E-state index in [0.717, 1.165) is 9.92 Å². The maximum absolute atomic E-state index is 12.7. The van der Waals surface area contributed by atoms with Crippen molar-refractivity contribution in [3.05, 3.63) is 53.2 Å². The number of piperidine rings is 3. The Bertz CT molecular complexity index is 788. The molecule has 1 amide bonds. The molecule has 0 aliphatic carbocycles. The third kappa shape index (κ3) is 3.61. The Kier molecular flexibility index (Phi) is 5.20. The van der Waals surface area contributed by atoms with Crippen molar-refractivity contribution in [3.63, 3.8) is 0 Å². The Labute approximate surface area is 163 Å². The molecule has 2 bridgehead atoms. The quantitative estimate of drug-likeness (QED) is 0.857. The molecule has 6 heteroatoms. The largest absolute Gasteiger partial charge is 0.347 e. The molecule has 3 aliphatic heterocycles. The molecule has 4 heterocycles. The molecule has 2 aromatic rings. The summed E-state index contributed by atoms with van der Waals surface area (Å²) in [5, 5.41) is 4.68. The Balaban J connectivity index is 1.42. The number of hydrogen-bond donors (Lipinski definition) is 1. The van der Waals surface area contributed by atoms with Crippen molar-refractivity contribution in [2.75, 3.05) is 13.1 Å². The lowest BCUT2D eigenvalue weighted by molar-refractivity contribution is 0.0217. The Morgan fingerprint density at radius 2 is 1.96 bits per heavy atom. The van der Waals surface area contributed by atoms with Crippen molar-refractivity contribution in [1.29, 1.82) is 0 Å². The first-order chi connectivity index (χ1) is 12.6. The number of carbonyl (C=O) groups excluding carboxylic acids is 1. The minimum Gasteiger partial charge on any atom is -0.347 e. The van der Waals surface area contributed by atoms with E-state index in [9.17, 15) is 4.79 Å². The fraction of sp³-hybridized carbons (Fsp3) is 0.400. The van der Waals surface area contributed by atoms with Gasteiger partial charge in [0, 0.05) is 28.7 Å². The highest BCUT2D eigenvalue weighted by Crippen LogP contribution is 2.33. The molecule has 4 nitrogen and oxygen atoms in total. The number of benzene rings is 1. The Morgan fingerprint density at radius 3 is 2.62 bits per heavy atom. The number of aromatic nitrogens is 1. The van der Waals surface area contributed by atoms with Crippen LogP contribution in [0.15, 0.2) is 52.5 Å².